The number of benzene rings is 1. The third kappa shape index (κ3) is 4.11. The molecule has 1 heterocycles. The minimum absolute atomic E-state index is 0.153. The Hall–Kier alpha value is -1.75. The molecule has 1 saturated heterocycles. The van der Waals surface area contributed by atoms with Crippen LogP contribution in [0.15, 0.2) is 18.2 Å². The van der Waals surface area contributed by atoms with Crippen molar-refractivity contribution >= 4 is 29.2 Å². The van der Waals surface area contributed by atoms with Gasteiger partial charge in [0.25, 0.3) is 0 Å². The molecule has 2 rings (SSSR count). The maximum Gasteiger partial charge on any atom is 0.337 e. The Labute approximate surface area is 129 Å². The highest BCUT2D eigenvalue weighted by molar-refractivity contribution is 6.33. The highest BCUT2D eigenvalue weighted by atomic mass is 35.5. The standard InChI is InChI=1S/C15H19ClN2O3/c1-21-15(20)11-4-5-12(16)13(10-11)17-7-6-14(19)18-8-2-3-9-18/h4-5,10,17H,2-3,6-9H2,1H3. The first kappa shape index (κ1) is 15.6. The van der Waals surface area contributed by atoms with Crippen molar-refractivity contribution in [3.8, 4) is 0 Å². The lowest BCUT2D eigenvalue weighted by atomic mass is 10.2. The van der Waals surface area contributed by atoms with E-state index in [1.807, 2.05) is 4.90 Å². The summed E-state index contributed by atoms with van der Waals surface area (Å²) in [6.45, 7) is 2.20. The molecule has 1 fully saturated rings. The lowest BCUT2D eigenvalue weighted by Gasteiger charge is -2.16. The Morgan fingerprint density at radius 3 is 2.71 bits per heavy atom. The Balaban J connectivity index is 1.90. The fourth-order valence-electron chi connectivity index (χ4n) is 2.33. The third-order valence-corrected chi connectivity index (χ3v) is 3.83. The predicted octanol–water partition coefficient (Wildman–Crippen LogP) is 2.55. The van der Waals surface area contributed by atoms with Gasteiger partial charge in [0.2, 0.25) is 5.91 Å². The van der Waals surface area contributed by atoms with Crippen LogP contribution in [-0.4, -0.2) is 43.5 Å². The van der Waals surface area contributed by atoms with E-state index in [0.717, 1.165) is 25.9 Å². The average molecular weight is 311 g/mol. The molecular weight excluding hydrogens is 292 g/mol. The van der Waals surface area contributed by atoms with Gasteiger partial charge < -0.3 is 15.0 Å². The summed E-state index contributed by atoms with van der Waals surface area (Å²) in [5.41, 5.74) is 1.06. The largest absolute Gasteiger partial charge is 0.465 e. The third-order valence-electron chi connectivity index (χ3n) is 3.50. The fraction of sp³-hybridized carbons (Fsp3) is 0.467. The summed E-state index contributed by atoms with van der Waals surface area (Å²) < 4.78 is 4.67. The Morgan fingerprint density at radius 1 is 1.33 bits per heavy atom. The van der Waals surface area contributed by atoms with Crippen molar-refractivity contribution in [1.82, 2.24) is 4.90 Å². The summed E-state index contributed by atoms with van der Waals surface area (Å²) >= 11 is 6.08. The van der Waals surface area contributed by atoms with Crippen molar-refractivity contribution in [3.05, 3.63) is 28.8 Å². The van der Waals surface area contributed by atoms with Crippen LogP contribution in [0.5, 0.6) is 0 Å². The number of ether oxygens (including phenoxy) is 1. The number of rotatable bonds is 5. The van der Waals surface area contributed by atoms with Gasteiger partial charge in [0.15, 0.2) is 0 Å². The van der Waals surface area contributed by atoms with Crippen molar-refractivity contribution in [2.45, 2.75) is 19.3 Å². The zero-order valence-corrected chi connectivity index (χ0v) is 12.8. The van der Waals surface area contributed by atoms with Crippen molar-refractivity contribution < 1.29 is 14.3 Å². The van der Waals surface area contributed by atoms with Crippen molar-refractivity contribution in [2.75, 3.05) is 32.1 Å². The number of hydrogen-bond acceptors (Lipinski definition) is 4. The summed E-state index contributed by atoms with van der Waals surface area (Å²) in [6.07, 6.45) is 2.59. The molecule has 0 unspecified atom stereocenters. The lowest BCUT2D eigenvalue weighted by molar-refractivity contribution is -0.129. The van der Waals surface area contributed by atoms with Gasteiger partial charge in [0.05, 0.1) is 23.4 Å². The van der Waals surface area contributed by atoms with Crippen LogP contribution in [0.25, 0.3) is 0 Å². The average Bonchev–Trinajstić information content (AvgIpc) is 3.02. The smallest absolute Gasteiger partial charge is 0.337 e. The van der Waals surface area contributed by atoms with E-state index in [1.165, 1.54) is 7.11 Å². The Bertz CT molecular complexity index is 528. The fourth-order valence-corrected chi connectivity index (χ4v) is 2.52. The molecule has 6 heteroatoms. The Kier molecular flexibility index (Phi) is 5.44. The van der Waals surface area contributed by atoms with Crippen LogP contribution in [0.3, 0.4) is 0 Å². The normalized spacial score (nSPS) is 14.1. The summed E-state index contributed by atoms with van der Waals surface area (Å²) in [6, 6.07) is 4.88. The van der Waals surface area contributed by atoms with Gasteiger partial charge >= 0.3 is 5.97 Å². The summed E-state index contributed by atoms with van der Waals surface area (Å²) in [4.78, 5) is 25.3. The second-order valence-corrected chi connectivity index (χ2v) is 5.36. The van der Waals surface area contributed by atoms with Gasteiger partial charge in [-0.25, -0.2) is 4.79 Å². The van der Waals surface area contributed by atoms with E-state index in [0.29, 0.717) is 29.2 Å². The summed E-state index contributed by atoms with van der Waals surface area (Å²) in [5, 5.41) is 3.61. The van der Waals surface area contributed by atoms with Crippen LogP contribution in [0.2, 0.25) is 5.02 Å². The number of carbonyl (C=O) groups excluding carboxylic acids is 2. The number of nitrogens with one attached hydrogen (secondary N) is 1. The molecule has 0 atom stereocenters. The van der Waals surface area contributed by atoms with Gasteiger partial charge in [-0.3, -0.25) is 4.79 Å². The molecular formula is C15H19ClN2O3. The van der Waals surface area contributed by atoms with Crippen molar-refractivity contribution in [2.24, 2.45) is 0 Å². The lowest BCUT2D eigenvalue weighted by Crippen LogP contribution is -2.29. The monoisotopic (exact) mass is 310 g/mol. The predicted molar refractivity (Wildman–Crippen MR) is 81.7 cm³/mol. The molecule has 1 aliphatic heterocycles. The van der Waals surface area contributed by atoms with Crippen molar-refractivity contribution in [1.29, 1.82) is 0 Å². The molecule has 1 aromatic carbocycles. The Morgan fingerprint density at radius 2 is 2.05 bits per heavy atom. The van der Waals surface area contributed by atoms with Gasteiger partial charge in [-0.05, 0) is 31.0 Å². The first-order chi connectivity index (χ1) is 10.1. The van der Waals surface area contributed by atoms with Gasteiger partial charge in [0, 0.05) is 26.1 Å². The number of halogens is 1. The van der Waals surface area contributed by atoms with Crippen LogP contribution in [0.1, 0.15) is 29.6 Å². The number of likely N-dealkylation sites (tertiary alicyclic amines) is 1. The van der Waals surface area contributed by atoms with E-state index in [2.05, 4.69) is 10.1 Å². The minimum Gasteiger partial charge on any atom is -0.465 e. The summed E-state index contributed by atoms with van der Waals surface area (Å²) in [5.74, 6) is -0.261. The highest BCUT2D eigenvalue weighted by Gasteiger charge is 2.17. The van der Waals surface area contributed by atoms with E-state index in [4.69, 9.17) is 11.6 Å². The highest BCUT2D eigenvalue weighted by Crippen LogP contribution is 2.23. The van der Waals surface area contributed by atoms with Crippen LogP contribution < -0.4 is 5.32 Å². The van der Waals surface area contributed by atoms with Gasteiger partial charge in [0.1, 0.15) is 0 Å². The maximum atomic E-state index is 11.9. The van der Waals surface area contributed by atoms with Crippen LogP contribution in [0.4, 0.5) is 5.69 Å². The van der Waals surface area contributed by atoms with Crippen molar-refractivity contribution in [3.63, 3.8) is 0 Å². The molecule has 0 bridgehead atoms. The maximum absolute atomic E-state index is 11.9. The number of carbonyl (C=O) groups is 2. The van der Waals surface area contributed by atoms with E-state index < -0.39 is 5.97 Å². The van der Waals surface area contributed by atoms with Gasteiger partial charge in [-0.15, -0.1) is 0 Å². The number of methoxy groups -OCH3 is 1. The molecule has 0 radical (unpaired) electrons. The summed E-state index contributed by atoms with van der Waals surface area (Å²) in [7, 11) is 1.33. The second kappa shape index (κ2) is 7.31. The first-order valence-corrected chi connectivity index (χ1v) is 7.39. The molecule has 1 amide bonds. The quantitative estimate of drug-likeness (QED) is 0.849. The number of esters is 1. The van der Waals surface area contributed by atoms with E-state index >= 15 is 0 Å². The number of anilines is 1. The zero-order valence-electron chi connectivity index (χ0n) is 12.0. The molecule has 1 aromatic rings. The van der Waals surface area contributed by atoms with Crippen LogP contribution in [-0.2, 0) is 9.53 Å². The molecule has 0 aliphatic carbocycles. The number of nitrogens with zero attached hydrogens (tertiary/aromatic N) is 1. The molecule has 0 aromatic heterocycles. The molecule has 5 nitrogen and oxygen atoms in total. The second-order valence-electron chi connectivity index (χ2n) is 4.95. The van der Waals surface area contributed by atoms with E-state index in [1.54, 1.807) is 18.2 Å². The topological polar surface area (TPSA) is 58.6 Å². The molecule has 1 aliphatic rings. The number of amides is 1. The first-order valence-electron chi connectivity index (χ1n) is 7.01. The minimum atomic E-state index is -0.414. The van der Waals surface area contributed by atoms with E-state index in [9.17, 15) is 9.59 Å². The van der Waals surface area contributed by atoms with Crippen LogP contribution in [0, 0.1) is 0 Å². The number of hydrogen-bond donors (Lipinski definition) is 1. The van der Waals surface area contributed by atoms with Gasteiger partial charge in [-0.2, -0.15) is 0 Å². The molecule has 21 heavy (non-hydrogen) atoms. The van der Waals surface area contributed by atoms with E-state index in [-0.39, 0.29) is 5.91 Å². The van der Waals surface area contributed by atoms with Gasteiger partial charge in [-0.1, -0.05) is 11.6 Å². The molecule has 0 spiro atoms. The molecule has 0 saturated carbocycles. The molecule has 114 valence electrons. The molecule has 1 N–H and O–H groups in total. The van der Waals surface area contributed by atoms with Crippen LogP contribution >= 0.6 is 11.6 Å². The zero-order chi connectivity index (χ0) is 15.2. The SMILES string of the molecule is COC(=O)c1ccc(Cl)c(NCCC(=O)N2CCCC2)c1.